The number of hydrogen-bond donors (Lipinski definition) is 0. The first-order valence-corrected chi connectivity index (χ1v) is 11.8. The van der Waals surface area contributed by atoms with Crippen molar-refractivity contribution in [1.29, 1.82) is 0 Å². The minimum Gasteiger partial charge on any atom is -0.462 e. The summed E-state index contributed by atoms with van der Waals surface area (Å²) >= 11 is 1.65. The van der Waals surface area contributed by atoms with E-state index >= 15 is 0 Å². The molecule has 5 heteroatoms. The smallest absolute Gasteiger partial charge is 0.341 e. The lowest BCUT2D eigenvalue weighted by Crippen LogP contribution is -2.09. The van der Waals surface area contributed by atoms with Crippen LogP contribution in [0.15, 0.2) is 29.3 Å². The average Bonchev–Trinajstić information content (AvgIpc) is 3.25. The first-order chi connectivity index (χ1) is 14.9. The van der Waals surface area contributed by atoms with E-state index in [9.17, 15) is 4.79 Å². The van der Waals surface area contributed by atoms with Crippen LogP contribution in [0.2, 0.25) is 0 Å². The van der Waals surface area contributed by atoms with Crippen LogP contribution < -0.4 is 0 Å². The van der Waals surface area contributed by atoms with Crippen LogP contribution in [0.1, 0.15) is 68.6 Å². The first kappa shape index (κ1) is 21.6. The second-order valence-electron chi connectivity index (χ2n) is 8.30. The van der Waals surface area contributed by atoms with Gasteiger partial charge in [0.15, 0.2) is 0 Å². The van der Waals surface area contributed by atoms with Gasteiger partial charge in [-0.25, -0.2) is 9.79 Å². The molecule has 31 heavy (non-hydrogen) atoms. The number of aryl methyl sites for hydroxylation is 4. The van der Waals surface area contributed by atoms with Gasteiger partial charge in [-0.15, -0.1) is 11.3 Å². The second-order valence-corrected chi connectivity index (χ2v) is 9.38. The molecule has 0 atom stereocenters. The van der Waals surface area contributed by atoms with Crippen molar-refractivity contribution in [2.75, 3.05) is 6.61 Å². The molecular weight excluding hydrogens is 404 g/mol. The number of fused-ring (bicyclic) bond motifs is 1. The summed E-state index contributed by atoms with van der Waals surface area (Å²) in [5, 5.41) is 0.779. The van der Waals surface area contributed by atoms with Crippen LogP contribution in [0.3, 0.4) is 0 Å². The molecule has 0 unspecified atom stereocenters. The summed E-state index contributed by atoms with van der Waals surface area (Å²) in [6, 6.07) is 8.71. The molecule has 0 aliphatic heterocycles. The van der Waals surface area contributed by atoms with Gasteiger partial charge in [0.1, 0.15) is 5.00 Å². The predicted molar refractivity (Wildman–Crippen MR) is 129 cm³/mol. The van der Waals surface area contributed by atoms with Gasteiger partial charge < -0.3 is 9.30 Å². The number of benzene rings is 1. The lowest BCUT2D eigenvalue weighted by atomic mass is 9.95. The molecule has 162 valence electrons. The van der Waals surface area contributed by atoms with Gasteiger partial charge in [-0.3, -0.25) is 0 Å². The topological polar surface area (TPSA) is 43.6 Å². The van der Waals surface area contributed by atoms with Gasteiger partial charge in [0.05, 0.1) is 12.2 Å². The lowest BCUT2D eigenvalue weighted by Gasteiger charge is -2.12. The van der Waals surface area contributed by atoms with Crippen LogP contribution >= 0.6 is 11.3 Å². The molecule has 1 aliphatic carbocycles. The van der Waals surface area contributed by atoms with Crippen LogP contribution in [-0.4, -0.2) is 23.4 Å². The molecule has 4 nitrogen and oxygen atoms in total. The Morgan fingerprint density at radius 3 is 2.65 bits per heavy atom. The highest BCUT2D eigenvalue weighted by Gasteiger charge is 2.26. The summed E-state index contributed by atoms with van der Waals surface area (Å²) in [4.78, 5) is 18.8. The van der Waals surface area contributed by atoms with Crippen molar-refractivity contribution >= 4 is 28.5 Å². The number of hydrogen-bond acceptors (Lipinski definition) is 4. The van der Waals surface area contributed by atoms with E-state index in [4.69, 9.17) is 9.73 Å². The fraction of sp³-hybridized carbons (Fsp3) is 0.385. The highest BCUT2D eigenvalue weighted by Crippen LogP contribution is 2.40. The van der Waals surface area contributed by atoms with Gasteiger partial charge in [0.2, 0.25) is 0 Å². The van der Waals surface area contributed by atoms with Crippen molar-refractivity contribution in [3.63, 3.8) is 0 Å². The van der Waals surface area contributed by atoms with Gasteiger partial charge in [0.25, 0.3) is 0 Å². The molecule has 1 aliphatic rings. The molecule has 3 aromatic rings. The molecule has 0 radical (unpaired) electrons. The summed E-state index contributed by atoms with van der Waals surface area (Å²) in [5.74, 6) is -0.241. The number of ether oxygens (including phenoxy) is 1. The maximum Gasteiger partial charge on any atom is 0.341 e. The molecule has 2 heterocycles. The van der Waals surface area contributed by atoms with E-state index in [1.807, 2.05) is 13.1 Å². The Hall–Kier alpha value is -2.66. The fourth-order valence-electron chi connectivity index (χ4n) is 4.36. The van der Waals surface area contributed by atoms with Crippen molar-refractivity contribution in [3.8, 4) is 5.69 Å². The summed E-state index contributed by atoms with van der Waals surface area (Å²) in [6.45, 7) is 10.7. The number of aliphatic imine (C=N–C) groups is 1. The number of rotatable bonds is 5. The minimum absolute atomic E-state index is 0.241. The predicted octanol–water partition coefficient (Wildman–Crippen LogP) is 6.58. The number of carbonyl (C=O) groups excluding carboxylic acids is 1. The number of nitrogens with zero attached hydrogens (tertiary/aromatic N) is 2. The minimum atomic E-state index is -0.241. The zero-order valence-electron chi connectivity index (χ0n) is 19.0. The number of carbonyl (C=O) groups is 1. The highest BCUT2D eigenvalue weighted by molar-refractivity contribution is 7.16. The van der Waals surface area contributed by atoms with E-state index in [1.54, 1.807) is 11.3 Å². The Morgan fingerprint density at radius 2 is 1.90 bits per heavy atom. The normalized spacial score (nSPS) is 13.6. The monoisotopic (exact) mass is 434 g/mol. The van der Waals surface area contributed by atoms with Crippen molar-refractivity contribution < 1.29 is 9.53 Å². The summed E-state index contributed by atoms with van der Waals surface area (Å²) < 4.78 is 7.62. The Labute approximate surface area is 188 Å². The van der Waals surface area contributed by atoms with E-state index in [0.29, 0.717) is 12.2 Å². The molecule has 2 aromatic heterocycles. The zero-order valence-corrected chi connectivity index (χ0v) is 19.9. The van der Waals surface area contributed by atoms with Crippen molar-refractivity contribution in [1.82, 2.24) is 4.57 Å². The van der Waals surface area contributed by atoms with Gasteiger partial charge >= 0.3 is 5.97 Å². The largest absolute Gasteiger partial charge is 0.462 e. The van der Waals surface area contributed by atoms with Crippen LogP contribution in [0.5, 0.6) is 0 Å². The maximum absolute atomic E-state index is 12.7. The Bertz CT molecular complexity index is 1170. The van der Waals surface area contributed by atoms with Gasteiger partial charge in [-0.2, -0.15) is 0 Å². The Morgan fingerprint density at radius 1 is 1.13 bits per heavy atom. The zero-order chi connectivity index (χ0) is 22.1. The summed E-state index contributed by atoms with van der Waals surface area (Å²) in [5.41, 5.74) is 8.95. The molecule has 0 saturated heterocycles. The van der Waals surface area contributed by atoms with Crippen molar-refractivity contribution in [3.05, 3.63) is 68.3 Å². The SMILES string of the molecule is CCOC(=O)c1c(N=Cc2cc(C)n(-c3ccc(C)c(C)c3)c2C)sc2c1CCCC2. The third-order valence-corrected chi connectivity index (χ3v) is 7.37. The third kappa shape index (κ3) is 4.11. The fourth-order valence-corrected chi connectivity index (χ4v) is 5.59. The van der Waals surface area contributed by atoms with Crippen LogP contribution in [0.25, 0.3) is 5.69 Å². The van der Waals surface area contributed by atoms with Crippen LogP contribution in [0.4, 0.5) is 5.00 Å². The number of thiophene rings is 1. The molecular formula is C26H30N2O2S. The molecule has 0 bridgehead atoms. The molecule has 0 amide bonds. The molecule has 0 fully saturated rings. The van der Waals surface area contributed by atoms with Gasteiger partial charge in [-0.1, -0.05) is 6.07 Å². The third-order valence-electron chi connectivity index (χ3n) is 6.17. The van der Waals surface area contributed by atoms with Crippen molar-refractivity contribution in [2.45, 2.75) is 60.3 Å². The Balaban J connectivity index is 1.72. The van der Waals surface area contributed by atoms with Gasteiger partial charge in [-0.05, 0) is 95.2 Å². The van der Waals surface area contributed by atoms with E-state index in [1.165, 1.54) is 28.1 Å². The molecule has 0 N–H and O–H groups in total. The second kappa shape index (κ2) is 8.83. The van der Waals surface area contributed by atoms with E-state index < -0.39 is 0 Å². The number of esters is 1. The summed E-state index contributed by atoms with van der Waals surface area (Å²) in [6.07, 6.45) is 6.17. The van der Waals surface area contributed by atoms with E-state index in [2.05, 4.69) is 56.5 Å². The number of aromatic nitrogens is 1. The van der Waals surface area contributed by atoms with Gasteiger partial charge in [0, 0.05) is 33.7 Å². The lowest BCUT2D eigenvalue weighted by molar-refractivity contribution is 0.0526. The highest BCUT2D eigenvalue weighted by atomic mass is 32.1. The Kier molecular flexibility index (Phi) is 6.15. The molecule has 4 rings (SSSR count). The maximum atomic E-state index is 12.7. The first-order valence-electron chi connectivity index (χ1n) is 11.0. The van der Waals surface area contributed by atoms with E-state index in [0.717, 1.165) is 46.8 Å². The van der Waals surface area contributed by atoms with Crippen LogP contribution in [0, 0.1) is 27.7 Å². The standard InChI is InChI=1S/C26H30N2O2S/c1-6-30-26(29)24-22-9-7-8-10-23(22)31-25(24)27-15-20-14-18(4)28(19(20)5)21-12-11-16(2)17(3)13-21/h11-15H,6-10H2,1-5H3. The average molecular weight is 435 g/mol. The molecule has 1 aromatic carbocycles. The van der Waals surface area contributed by atoms with Crippen molar-refractivity contribution in [2.24, 2.45) is 4.99 Å². The molecule has 0 spiro atoms. The quantitative estimate of drug-likeness (QED) is 0.336. The molecule has 0 saturated carbocycles. The van der Waals surface area contributed by atoms with Crippen LogP contribution in [-0.2, 0) is 17.6 Å². The summed E-state index contributed by atoms with van der Waals surface area (Å²) in [7, 11) is 0. The van der Waals surface area contributed by atoms with E-state index in [-0.39, 0.29) is 5.97 Å².